The second kappa shape index (κ2) is 7.32. The normalized spacial score (nSPS) is 17.3. The van der Waals surface area contributed by atoms with Crippen molar-refractivity contribution in [3.05, 3.63) is 41.5 Å². The van der Waals surface area contributed by atoms with Crippen molar-refractivity contribution in [2.45, 2.75) is 38.8 Å². The highest BCUT2D eigenvalue weighted by atomic mass is 16.6. The van der Waals surface area contributed by atoms with Crippen LogP contribution in [0.5, 0.6) is 0 Å². The van der Waals surface area contributed by atoms with Gasteiger partial charge in [-0.1, -0.05) is 16.4 Å². The molecule has 3 rings (SSSR count). The molecule has 1 amide bonds. The molecule has 0 N–H and O–H groups in total. The lowest BCUT2D eigenvalue weighted by molar-refractivity contribution is -0.132. The Labute approximate surface area is 134 Å². The summed E-state index contributed by atoms with van der Waals surface area (Å²) < 4.78 is 10.3. The zero-order valence-electron chi connectivity index (χ0n) is 13.1. The maximum Gasteiger partial charge on any atom is 0.229 e. The van der Waals surface area contributed by atoms with Crippen LogP contribution < -0.4 is 0 Å². The second-order valence-corrected chi connectivity index (χ2v) is 5.70. The number of aryl methyl sites for hydroxylation is 1. The number of hydrogen-bond donors (Lipinski definition) is 0. The molecule has 3 heterocycles. The van der Waals surface area contributed by atoms with E-state index in [1.807, 2.05) is 18.2 Å². The first-order chi connectivity index (χ1) is 11.2. The molecular weight excluding hydrogens is 296 g/mol. The minimum absolute atomic E-state index is 0.0232. The summed E-state index contributed by atoms with van der Waals surface area (Å²) in [7, 11) is 0. The van der Waals surface area contributed by atoms with Crippen LogP contribution in [0.1, 0.15) is 29.9 Å². The Morgan fingerprint density at radius 1 is 1.39 bits per heavy atom. The fourth-order valence-electron chi connectivity index (χ4n) is 2.64. The number of rotatable bonds is 6. The highest BCUT2D eigenvalue weighted by Crippen LogP contribution is 2.16. The Bertz CT molecular complexity index is 638. The molecule has 1 aliphatic rings. The van der Waals surface area contributed by atoms with Crippen LogP contribution in [0.2, 0.25) is 0 Å². The van der Waals surface area contributed by atoms with E-state index in [0.29, 0.717) is 24.5 Å². The highest BCUT2D eigenvalue weighted by molar-refractivity contribution is 5.78. The topological polar surface area (TPSA) is 81.4 Å². The molecule has 1 fully saturated rings. The molecule has 23 heavy (non-hydrogen) atoms. The SMILES string of the molecule is Cc1nonc1CC(=O)N(Cc1ccccn1)CC1CCCO1. The third kappa shape index (κ3) is 4.13. The molecule has 122 valence electrons. The fraction of sp³-hybridized carbons (Fsp3) is 0.500. The van der Waals surface area contributed by atoms with Gasteiger partial charge in [0.1, 0.15) is 11.4 Å². The number of nitrogens with zero attached hydrogens (tertiary/aromatic N) is 4. The Balaban J connectivity index is 1.70. The van der Waals surface area contributed by atoms with Crippen molar-refractivity contribution in [3.63, 3.8) is 0 Å². The number of hydrogen-bond acceptors (Lipinski definition) is 6. The summed E-state index contributed by atoms with van der Waals surface area (Å²) in [6.45, 7) is 3.58. The van der Waals surface area contributed by atoms with Crippen molar-refractivity contribution in [3.8, 4) is 0 Å². The van der Waals surface area contributed by atoms with Gasteiger partial charge < -0.3 is 9.64 Å². The van der Waals surface area contributed by atoms with Crippen LogP contribution >= 0.6 is 0 Å². The van der Waals surface area contributed by atoms with Crippen molar-refractivity contribution < 1.29 is 14.2 Å². The van der Waals surface area contributed by atoms with Crippen molar-refractivity contribution in [2.75, 3.05) is 13.2 Å². The molecule has 0 bridgehead atoms. The van der Waals surface area contributed by atoms with Gasteiger partial charge >= 0.3 is 0 Å². The van der Waals surface area contributed by atoms with Gasteiger partial charge in [0, 0.05) is 19.3 Å². The zero-order valence-corrected chi connectivity index (χ0v) is 13.1. The monoisotopic (exact) mass is 316 g/mol. The predicted molar refractivity (Wildman–Crippen MR) is 81.4 cm³/mol. The first-order valence-corrected chi connectivity index (χ1v) is 7.79. The molecule has 0 spiro atoms. The Morgan fingerprint density at radius 3 is 2.96 bits per heavy atom. The summed E-state index contributed by atoms with van der Waals surface area (Å²) in [5, 5.41) is 7.52. The van der Waals surface area contributed by atoms with Crippen LogP contribution in [0.3, 0.4) is 0 Å². The fourth-order valence-corrected chi connectivity index (χ4v) is 2.64. The van der Waals surface area contributed by atoms with E-state index in [-0.39, 0.29) is 18.4 Å². The average Bonchev–Trinajstić information content (AvgIpc) is 3.20. The van der Waals surface area contributed by atoms with Crippen LogP contribution in [0, 0.1) is 6.92 Å². The molecule has 0 aliphatic carbocycles. The van der Waals surface area contributed by atoms with Crippen molar-refractivity contribution >= 4 is 5.91 Å². The minimum atomic E-state index is -0.0232. The van der Waals surface area contributed by atoms with Gasteiger partial charge in [0.05, 0.1) is 24.8 Å². The lowest BCUT2D eigenvalue weighted by Crippen LogP contribution is -2.38. The summed E-state index contributed by atoms with van der Waals surface area (Å²) in [5.41, 5.74) is 2.08. The Morgan fingerprint density at radius 2 is 2.30 bits per heavy atom. The van der Waals surface area contributed by atoms with E-state index < -0.39 is 0 Å². The first kappa shape index (κ1) is 15.6. The Hall–Kier alpha value is -2.28. The van der Waals surface area contributed by atoms with Crippen molar-refractivity contribution in [1.29, 1.82) is 0 Å². The predicted octanol–water partition coefficient (Wildman–Crippen LogP) is 1.52. The van der Waals surface area contributed by atoms with Crippen LogP contribution in [0.25, 0.3) is 0 Å². The van der Waals surface area contributed by atoms with E-state index >= 15 is 0 Å². The molecule has 0 aromatic carbocycles. The standard InChI is InChI=1S/C16H20N4O3/c1-12-15(19-23-18-12)9-16(21)20(11-14-6-4-8-22-14)10-13-5-2-3-7-17-13/h2-3,5,7,14H,4,6,8-11H2,1H3. The van der Waals surface area contributed by atoms with Crippen molar-refractivity contribution in [2.24, 2.45) is 0 Å². The molecule has 1 saturated heterocycles. The number of amides is 1. The van der Waals surface area contributed by atoms with Gasteiger partial charge in [0.2, 0.25) is 5.91 Å². The molecule has 7 heteroatoms. The average molecular weight is 316 g/mol. The summed E-state index contributed by atoms with van der Waals surface area (Å²) >= 11 is 0. The van der Waals surface area contributed by atoms with Crippen LogP contribution in [-0.2, 0) is 22.5 Å². The van der Waals surface area contributed by atoms with Gasteiger partial charge in [-0.05, 0) is 31.9 Å². The quantitative estimate of drug-likeness (QED) is 0.804. The Kier molecular flexibility index (Phi) is 4.97. The number of pyridine rings is 1. The number of carbonyl (C=O) groups is 1. The molecular formula is C16H20N4O3. The largest absolute Gasteiger partial charge is 0.376 e. The van der Waals surface area contributed by atoms with Gasteiger partial charge in [0.15, 0.2) is 0 Å². The van der Waals surface area contributed by atoms with E-state index in [1.165, 1.54) is 0 Å². The summed E-state index contributed by atoms with van der Waals surface area (Å²) in [6, 6.07) is 5.70. The molecule has 0 radical (unpaired) electrons. The van der Waals surface area contributed by atoms with E-state index in [9.17, 15) is 4.79 Å². The van der Waals surface area contributed by atoms with Gasteiger partial charge in [-0.2, -0.15) is 0 Å². The lowest BCUT2D eigenvalue weighted by atomic mass is 10.2. The highest BCUT2D eigenvalue weighted by Gasteiger charge is 2.24. The summed E-state index contributed by atoms with van der Waals surface area (Å²) in [4.78, 5) is 18.8. The molecule has 1 aliphatic heterocycles. The third-order valence-corrected chi connectivity index (χ3v) is 3.94. The number of ether oxygens (including phenoxy) is 1. The maximum absolute atomic E-state index is 12.7. The molecule has 1 atom stereocenters. The maximum atomic E-state index is 12.7. The van der Waals surface area contributed by atoms with Crippen LogP contribution in [-0.4, -0.2) is 45.4 Å². The summed E-state index contributed by atoms with van der Waals surface area (Å²) in [5.74, 6) is -0.0232. The van der Waals surface area contributed by atoms with Gasteiger partial charge in [-0.25, -0.2) is 4.63 Å². The van der Waals surface area contributed by atoms with Gasteiger partial charge in [-0.3, -0.25) is 9.78 Å². The molecule has 2 aromatic heterocycles. The third-order valence-electron chi connectivity index (χ3n) is 3.94. The van der Waals surface area contributed by atoms with E-state index in [2.05, 4.69) is 19.9 Å². The first-order valence-electron chi connectivity index (χ1n) is 7.79. The molecule has 2 aromatic rings. The van der Waals surface area contributed by atoms with E-state index in [4.69, 9.17) is 4.74 Å². The molecule has 1 unspecified atom stereocenters. The second-order valence-electron chi connectivity index (χ2n) is 5.70. The van der Waals surface area contributed by atoms with Gasteiger partial charge in [0.25, 0.3) is 0 Å². The van der Waals surface area contributed by atoms with Crippen LogP contribution in [0.15, 0.2) is 29.0 Å². The minimum Gasteiger partial charge on any atom is -0.376 e. The number of aromatic nitrogens is 3. The van der Waals surface area contributed by atoms with Crippen molar-refractivity contribution in [1.82, 2.24) is 20.2 Å². The molecule has 0 saturated carbocycles. The zero-order chi connectivity index (χ0) is 16.1. The van der Waals surface area contributed by atoms with E-state index in [1.54, 1.807) is 18.0 Å². The summed E-state index contributed by atoms with van der Waals surface area (Å²) in [6.07, 6.45) is 4.03. The molecule has 7 nitrogen and oxygen atoms in total. The van der Waals surface area contributed by atoms with E-state index in [0.717, 1.165) is 25.1 Å². The van der Waals surface area contributed by atoms with Crippen LogP contribution in [0.4, 0.5) is 0 Å². The number of carbonyl (C=O) groups excluding carboxylic acids is 1. The smallest absolute Gasteiger partial charge is 0.229 e. The lowest BCUT2D eigenvalue weighted by Gasteiger charge is -2.25. The van der Waals surface area contributed by atoms with Gasteiger partial charge in [-0.15, -0.1) is 0 Å².